The molecule has 2 heterocycles. The molecular weight excluding hydrogens is 868 g/mol. The molecule has 8 atom stereocenters. The number of aromatic amines is 1. The molecular formula is C42H47F2N4O13P2+. The summed E-state index contributed by atoms with van der Waals surface area (Å²) in [5.41, 5.74) is -5.31. The van der Waals surface area contributed by atoms with E-state index in [1.807, 2.05) is 17.1 Å². The smallest absolute Gasteiger partial charge is 0.462 e. The van der Waals surface area contributed by atoms with Crippen LogP contribution in [-0.2, 0) is 42.0 Å². The maximum Gasteiger partial charge on any atom is 0.653 e. The Morgan fingerprint density at radius 2 is 1.41 bits per heavy atom. The molecule has 1 aliphatic heterocycles. The van der Waals surface area contributed by atoms with Crippen LogP contribution in [0.3, 0.4) is 0 Å². The molecule has 4 aromatic carbocycles. The van der Waals surface area contributed by atoms with Gasteiger partial charge in [-0.3, -0.25) is 28.5 Å². The molecule has 21 heteroatoms. The van der Waals surface area contributed by atoms with Gasteiger partial charge in [-0.25, -0.2) is 18.1 Å². The van der Waals surface area contributed by atoms with E-state index in [0.717, 1.165) is 30.0 Å². The molecule has 17 nitrogen and oxygen atoms in total. The van der Waals surface area contributed by atoms with Crippen molar-refractivity contribution in [3.63, 3.8) is 0 Å². The summed E-state index contributed by atoms with van der Waals surface area (Å²) in [5.74, 6) is -5.48. The Bertz CT molecular complexity index is 2660. The molecule has 2 N–H and O–H groups in total. The van der Waals surface area contributed by atoms with Crippen molar-refractivity contribution in [1.29, 1.82) is 0 Å². The standard InChI is InChI=1S/C42H46F2N4O13P2/c1-25(2)56-36(50)27(5)46-63(54,60-34-19-17-30-13-9-11-15-32(30)23-34)61-38-41(7,43)39(47-21-20-35(49)45-40(47)52)58-42(38,44)24-55-62(53)48(28(6)37(51)57-26(3)4)59-33-18-16-29-12-8-10-14-31(29)22-33/h8-23,25-28,38-39H,24H2,1-7H3,(H-,45,46,49,52,54)/p+1/t27-,28?,38-,39+,41+,42+,63?/m0/s1. The quantitative estimate of drug-likeness (QED) is 0.0494. The van der Waals surface area contributed by atoms with E-state index < -0.39 is 93.9 Å². The van der Waals surface area contributed by atoms with E-state index in [9.17, 15) is 28.3 Å². The summed E-state index contributed by atoms with van der Waals surface area (Å²) in [7, 11) is -8.61. The van der Waals surface area contributed by atoms with Crippen molar-refractivity contribution in [3.8, 4) is 11.5 Å². The summed E-state index contributed by atoms with van der Waals surface area (Å²) in [6.07, 6.45) is -5.37. The lowest BCUT2D eigenvalue weighted by Crippen LogP contribution is -2.50. The fourth-order valence-corrected chi connectivity index (χ4v) is 9.26. The van der Waals surface area contributed by atoms with Gasteiger partial charge >= 0.3 is 33.6 Å². The average molecular weight is 916 g/mol. The highest BCUT2D eigenvalue weighted by atomic mass is 31.2. The molecule has 1 fully saturated rings. The highest BCUT2D eigenvalue weighted by Gasteiger charge is 2.69. The van der Waals surface area contributed by atoms with Gasteiger partial charge in [-0.15, -0.1) is 4.52 Å². The summed E-state index contributed by atoms with van der Waals surface area (Å²) >= 11 is 0. The Balaban J connectivity index is 1.38. The first-order valence-electron chi connectivity index (χ1n) is 19.8. The van der Waals surface area contributed by atoms with Crippen molar-refractivity contribution in [2.24, 2.45) is 0 Å². The summed E-state index contributed by atoms with van der Waals surface area (Å²) < 4.78 is 98.3. The number of halogens is 2. The number of carbonyl (C=O) groups is 2. The highest BCUT2D eigenvalue weighted by Crippen LogP contribution is 2.57. The number of H-pyrrole nitrogens is 1. The molecule has 1 aliphatic rings. The maximum atomic E-state index is 17.8. The van der Waals surface area contributed by atoms with Crippen LogP contribution in [0.15, 0.2) is 107 Å². The first-order chi connectivity index (χ1) is 29.7. The van der Waals surface area contributed by atoms with E-state index in [1.165, 1.54) is 32.0 Å². The molecule has 0 bridgehead atoms. The number of carbonyl (C=O) groups excluding carboxylic acids is 2. The lowest BCUT2D eigenvalue weighted by atomic mass is 9.97. The number of hydrogen-bond acceptors (Lipinski definition) is 13. The number of ether oxygens (including phenoxy) is 3. The predicted octanol–water partition coefficient (Wildman–Crippen LogP) is 7.58. The minimum Gasteiger partial charge on any atom is -0.462 e. The van der Waals surface area contributed by atoms with Crippen molar-refractivity contribution in [3.05, 3.63) is 118 Å². The lowest BCUT2D eigenvalue weighted by molar-refractivity contribution is -0.200. The minimum absolute atomic E-state index is 0.0925. The Labute approximate surface area is 361 Å². The summed E-state index contributed by atoms with van der Waals surface area (Å²) in [4.78, 5) is 59.6. The first kappa shape index (κ1) is 47.1. The van der Waals surface area contributed by atoms with Crippen LogP contribution in [0, 0.1) is 0 Å². The molecule has 1 aromatic heterocycles. The molecule has 0 amide bonds. The third kappa shape index (κ3) is 11.0. The van der Waals surface area contributed by atoms with Crippen LogP contribution < -0.4 is 25.7 Å². The molecule has 5 aromatic rings. The number of rotatable bonds is 18. The number of aromatic nitrogens is 2. The average Bonchev–Trinajstić information content (AvgIpc) is 3.41. The molecule has 0 aliphatic carbocycles. The largest absolute Gasteiger partial charge is 0.653 e. The van der Waals surface area contributed by atoms with E-state index in [2.05, 4.69) is 5.09 Å². The number of esters is 2. The van der Waals surface area contributed by atoms with Crippen LogP contribution in [0.25, 0.3) is 21.5 Å². The minimum atomic E-state index is -5.18. The summed E-state index contributed by atoms with van der Waals surface area (Å²) in [5, 5.41) is 5.32. The van der Waals surface area contributed by atoms with Crippen LogP contribution in [0.1, 0.15) is 54.7 Å². The van der Waals surface area contributed by atoms with Gasteiger partial charge in [-0.1, -0.05) is 60.7 Å². The van der Waals surface area contributed by atoms with Gasteiger partial charge in [-0.2, -0.15) is 5.09 Å². The Morgan fingerprint density at radius 3 is 2.00 bits per heavy atom. The van der Waals surface area contributed by atoms with Crippen molar-refractivity contribution in [2.45, 2.75) is 96.6 Å². The molecule has 0 radical (unpaired) electrons. The van der Waals surface area contributed by atoms with Crippen molar-refractivity contribution in [1.82, 2.24) is 19.5 Å². The molecule has 1 saturated heterocycles. The molecule has 3 unspecified atom stereocenters. The van der Waals surface area contributed by atoms with Crippen LogP contribution in [-0.4, -0.2) is 74.8 Å². The van der Waals surface area contributed by atoms with Gasteiger partial charge in [0.1, 0.15) is 16.6 Å². The summed E-state index contributed by atoms with van der Waals surface area (Å²) in [6, 6.07) is 21.5. The Hall–Kier alpha value is -5.39. The third-order valence-corrected chi connectivity index (χ3v) is 12.3. The van der Waals surface area contributed by atoms with Crippen LogP contribution in [0.4, 0.5) is 8.78 Å². The van der Waals surface area contributed by atoms with Gasteiger partial charge in [0.15, 0.2) is 36.4 Å². The van der Waals surface area contributed by atoms with E-state index in [0.29, 0.717) is 20.2 Å². The van der Waals surface area contributed by atoms with Gasteiger partial charge in [0, 0.05) is 12.3 Å². The van der Waals surface area contributed by atoms with Crippen molar-refractivity contribution in [2.75, 3.05) is 6.61 Å². The zero-order valence-electron chi connectivity index (χ0n) is 35.3. The SMILES string of the molecule is CC(C)OC(=O)C(C)N(Oc1ccc2ccccc2c1)[P+](=O)OC[C@@]1(F)O[C@@H](n2ccc(=O)[nH]c2=O)[C@](C)(F)[C@@H]1OP(=O)(N[C@@H](C)C(=O)OC(C)C)Oc1ccc2ccccc2c1. The van der Waals surface area contributed by atoms with Gasteiger partial charge in [0.2, 0.25) is 0 Å². The highest BCUT2D eigenvalue weighted by molar-refractivity contribution is 7.52. The molecule has 6 rings (SSSR count). The fraction of sp³-hybridized carbons (Fsp3) is 0.381. The zero-order valence-corrected chi connectivity index (χ0v) is 37.0. The van der Waals surface area contributed by atoms with Gasteiger partial charge in [-0.05, 0) is 98.8 Å². The van der Waals surface area contributed by atoms with Gasteiger partial charge < -0.3 is 23.6 Å². The van der Waals surface area contributed by atoms with E-state index in [1.54, 1.807) is 82.3 Å². The van der Waals surface area contributed by atoms with E-state index in [-0.39, 0.29) is 11.5 Å². The fourth-order valence-electron chi connectivity index (χ4n) is 6.56. The summed E-state index contributed by atoms with van der Waals surface area (Å²) in [6.45, 7) is 8.12. The van der Waals surface area contributed by atoms with Gasteiger partial charge in [0.25, 0.3) is 11.4 Å². The van der Waals surface area contributed by atoms with Gasteiger partial charge in [0.05, 0.1) is 12.2 Å². The van der Waals surface area contributed by atoms with Crippen molar-refractivity contribution < 1.29 is 60.1 Å². The second-order valence-electron chi connectivity index (χ2n) is 15.4. The maximum absolute atomic E-state index is 17.8. The second kappa shape index (κ2) is 19.2. The number of nitrogens with zero attached hydrogens (tertiary/aromatic N) is 2. The number of hydrogen-bond donors (Lipinski definition) is 2. The Morgan fingerprint density at radius 1 is 0.857 bits per heavy atom. The number of nitrogens with one attached hydrogen (secondary N) is 2. The molecule has 0 spiro atoms. The second-order valence-corrected chi connectivity index (χ2v) is 18.2. The first-order valence-corrected chi connectivity index (χ1v) is 22.4. The predicted molar refractivity (Wildman–Crippen MR) is 226 cm³/mol. The molecule has 336 valence electrons. The van der Waals surface area contributed by atoms with Crippen LogP contribution in [0.2, 0.25) is 0 Å². The number of alkyl halides is 2. The topological polar surface area (TPSA) is 203 Å². The monoisotopic (exact) mass is 915 g/mol. The number of fused-ring (bicyclic) bond motifs is 2. The molecule has 0 saturated carbocycles. The third-order valence-electron chi connectivity index (χ3n) is 9.52. The van der Waals surface area contributed by atoms with E-state index in [4.69, 9.17) is 32.6 Å². The van der Waals surface area contributed by atoms with Crippen LogP contribution in [0.5, 0.6) is 11.5 Å². The van der Waals surface area contributed by atoms with Crippen molar-refractivity contribution >= 4 is 49.4 Å². The molecule has 63 heavy (non-hydrogen) atoms. The number of hydroxylamine groups is 1. The zero-order chi connectivity index (χ0) is 45.9. The van der Waals surface area contributed by atoms with Crippen LogP contribution >= 0.6 is 15.9 Å². The normalized spacial score (nSPS) is 22.2. The van der Waals surface area contributed by atoms with E-state index >= 15 is 8.78 Å². The Kier molecular flexibility index (Phi) is 14.3. The lowest BCUT2D eigenvalue weighted by Gasteiger charge is -2.32. The number of benzene rings is 4.